The van der Waals surface area contributed by atoms with Gasteiger partial charge in [0.15, 0.2) is 0 Å². The first kappa shape index (κ1) is 25.1. The second-order valence-electron chi connectivity index (χ2n) is 13.1. The summed E-state index contributed by atoms with van der Waals surface area (Å²) in [7, 11) is 0. The van der Waals surface area contributed by atoms with E-state index in [0.717, 1.165) is 48.9 Å². The van der Waals surface area contributed by atoms with Gasteiger partial charge >= 0.3 is 5.97 Å². The fraction of sp³-hybridized carbons (Fsp3) is 0.839. The van der Waals surface area contributed by atoms with Crippen LogP contribution in [-0.4, -0.2) is 12.1 Å². The first-order valence-corrected chi connectivity index (χ1v) is 14.2. The van der Waals surface area contributed by atoms with Gasteiger partial charge in [-0.05, 0) is 91.3 Å². The van der Waals surface area contributed by atoms with E-state index in [9.17, 15) is 4.79 Å². The smallest absolute Gasteiger partial charge is 0.302 e. The van der Waals surface area contributed by atoms with Crippen molar-refractivity contribution in [3.63, 3.8) is 0 Å². The molecule has 0 spiro atoms. The summed E-state index contributed by atoms with van der Waals surface area (Å²) in [5.74, 6) is 4.77. The van der Waals surface area contributed by atoms with Crippen LogP contribution in [0, 0.1) is 46.3 Å². The van der Waals surface area contributed by atoms with Crippen molar-refractivity contribution >= 4 is 5.97 Å². The Kier molecular flexibility index (Phi) is 7.24. The lowest BCUT2D eigenvalue weighted by Gasteiger charge is -2.55. The number of esters is 1. The van der Waals surface area contributed by atoms with Crippen molar-refractivity contribution in [3.05, 3.63) is 23.3 Å². The molecule has 0 N–H and O–H groups in total. The topological polar surface area (TPSA) is 26.3 Å². The molecule has 4 aliphatic rings. The molecule has 2 heteroatoms. The number of rotatable bonds is 7. The zero-order chi connectivity index (χ0) is 24.0. The Morgan fingerprint density at radius 3 is 2.45 bits per heavy atom. The molecule has 2 nitrogen and oxygen atoms in total. The molecule has 0 aliphatic heterocycles. The Hall–Kier alpha value is -1.05. The van der Waals surface area contributed by atoms with E-state index in [1.165, 1.54) is 44.9 Å². The van der Waals surface area contributed by atoms with E-state index < -0.39 is 0 Å². The van der Waals surface area contributed by atoms with Crippen molar-refractivity contribution < 1.29 is 9.53 Å². The second-order valence-corrected chi connectivity index (χ2v) is 13.1. The van der Waals surface area contributed by atoms with Gasteiger partial charge in [0, 0.05) is 13.3 Å². The van der Waals surface area contributed by atoms with Gasteiger partial charge in [0.05, 0.1) is 0 Å². The average molecular weight is 455 g/mol. The minimum atomic E-state index is -0.130. The molecule has 8 atom stereocenters. The maximum absolute atomic E-state index is 11.5. The van der Waals surface area contributed by atoms with E-state index in [1.54, 1.807) is 18.1 Å². The average Bonchev–Trinajstić information content (AvgIpc) is 3.11. The molecule has 4 rings (SSSR count). The second kappa shape index (κ2) is 9.54. The molecule has 0 aromatic heterocycles. The van der Waals surface area contributed by atoms with Crippen LogP contribution < -0.4 is 0 Å². The number of hydrogen-bond acceptors (Lipinski definition) is 2. The van der Waals surface area contributed by atoms with Gasteiger partial charge in [-0.2, -0.15) is 0 Å². The molecule has 186 valence electrons. The van der Waals surface area contributed by atoms with Crippen molar-refractivity contribution in [1.82, 2.24) is 0 Å². The highest BCUT2D eigenvalue weighted by Gasteiger charge is 2.57. The number of allylic oxidation sites excluding steroid dienone is 3. The van der Waals surface area contributed by atoms with Gasteiger partial charge in [-0.1, -0.05) is 77.7 Å². The van der Waals surface area contributed by atoms with Crippen molar-refractivity contribution in [2.45, 2.75) is 119 Å². The molecule has 0 amide bonds. The summed E-state index contributed by atoms with van der Waals surface area (Å²) in [5.41, 5.74) is 4.08. The van der Waals surface area contributed by atoms with Gasteiger partial charge < -0.3 is 4.74 Å². The van der Waals surface area contributed by atoms with Gasteiger partial charge in [0.25, 0.3) is 0 Å². The quantitative estimate of drug-likeness (QED) is 0.360. The van der Waals surface area contributed by atoms with E-state index >= 15 is 0 Å². The molecule has 0 aromatic carbocycles. The fourth-order valence-corrected chi connectivity index (χ4v) is 8.97. The van der Waals surface area contributed by atoms with Crippen LogP contribution in [0.1, 0.15) is 113 Å². The number of ether oxygens (including phenoxy) is 1. The maximum atomic E-state index is 11.5. The number of carbonyl (C=O) groups is 1. The predicted molar refractivity (Wildman–Crippen MR) is 138 cm³/mol. The van der Waals surface area contributed by atoms with Crippen LogP contribution in [0.3, 0.4) is 0 Å². The van der Waals surface area contributed by atoms with E-state index in [0.29, 0.717) is 11.3 Å². The van der Waals surface area contributed by atoms with Crippen LogP contribution in [0.4, 0.5) is 0 Å². The van der Waals surface area contributed by atoms with Gasteiger partial charge in [-0.15, -0.1) is 0 Å². The fourth-order valence-electron chi connectivity index (χ4n) is 8.97. The molecule has 33 heavy (non-hydrogen) atoms. The normalized spacial score (nSPS) is 39.6. The minimum absolute atomic E-state index is 0.0835. The molecule has 0 saturated heterocycles. The lowest BCUT2D eigenvalue weighted by Crippen LogP contribution is -2.46. The lowest BCUT2D eigenvalue weighted by molar-refractivity contribution is -0.148. The first-order chi connectivity index (χ1) is 15.6. The monoisotopic (exact) mass is 454 g/mol. The Morgan fingerprint density at radius 1 is 1.03 bits per heavy atom. The van der Waals surface area contributed by atoms with E-state index in [1.807, 2.05) is 0 Å². The Balaban J connectivity index is 1.49. The van der Waals surface area contributed by atoms with Crippen molar-refractivity contribution in [3.8, 4) is 0 Å². The molecule has 0 bridgehead atoms. The number of carbonyl (C=O) groups excluding carboxylic acids is 1. The maximum Gasteiger partial charge on any atom is 0.302 e. The van der Waals surface area contributed by atoms with E-state index in [2.05, 4.69) is 53.7 Å². The number of fused-ring (bicyclic) bond motifs is 5. The van der Waals surface area contributed by atoms with Crippen molar-refractivity contribution in [1.29, 1.82) is 0 Å². The van der Waals surface area contributed by atoms with Crippen molar-refractivity contribution in [2.24, 2.45) is 46.3 Å². The van der Waals surface area contributed by atoms with Crippen LogP contribution >= 0.6 is 0 Å². The van der Waals surface area contributed by atoms with Gasteiger partial charge in [-0.3, -0.25) is 4.79 Å². The molecule has 0 aromatic rings. The first-order valence-electron chi connectivity index (χ1n) is 14.2. The molecule has 0 heterocycles. The minimum Gasteiger partial charge on any atom is -0.462 e. The van der Waals surface area contributed by atoms with Crippen LogP contribution in [-0.2, 0) is 9.53 Å². The summed E-state index contributed by atoms with van der Waals surface area (Å²) in [6, 6.07) is 0. The third-order valence-corrected chi connectivity index (χ3v) is 11.1. The van der Waals surface area contributed by atoms with Crippen LogP contribution in [0.15, 0.2) is 23.3 Å². The molecular weight excluding hydrogens is 404 g/mol. The Labute approximate surface area is 204 Å². The Bertz CT molecular complexity index is 791. The highest BCUT2D eigenvalue weighted by atomic mass is 16.5. The molecule has 0 unspecified atom stereocenters. The Morgan fingerprint density at radius 2 is 1.79 bits per heavy atom. The van der Waals surface area contributed by atoms with Gasteiger partial charge in [-0.25, -0.2) is 0 Å². The predicted octanol–water partition coefficient (Wildman–Crippen LogP) is 8.52. The summed E-state index contributed by atoms with van der Waals surface area (Å²) in [6.07, 6.45) is 17.9. The zero-order valence-electron chi connectivity index (χ0n) is 22.6. The summed E-state index contributed by atoms with van der Waals surface area (Å²) >= 11 is 0. The van der Waals surface area contributed by atoms with E-state index in [4.69, 9.17) is 4.74 Å². The summed E-state index contributed by atoms with van der Waals surface area (Å²) in [4.78, 5) is 11.5. The summed E-state index contributed by atoms with van der Waals surface area (Å²) < 4.78 is 5.61. The highest BCUT2D eigenvalue weighted by molar-refractivity contribution is 5.66. The summed E-state index contributed by atoms with van der Waals surface area (Å²) in [6.45, 7) is 16.5. The standard InChI is InChI=1S/C31H50O2/c1-8-23(20(2)3)10-9-21(4)27-13-14-28-26-12-11-24-19-25(33-22(5)32)15-17-30(24,6)29(26)16-18-31(27,28)7/h11-12,20-21,23,25,27-29H,8-10,13-19H2,1-7H3/t21-,23-,25+,27-,28+,29+,30+,31-/m1/s1. The van der Waals surface area contributed by atoms with Crippen LogP contribution in [0.5, 0.6) is 0 Å². The third kappa shape index (κ3) is 4.50. The van der Waals surface area contributed by atoms with Crippen LogP contribution in [0.25, 0.3) is 0 Å². The molecular formula is C31H50O2. The highest BCUT2D eigenvalue weighted by Crippen LogP contribution is 2.66. The number of hydrogen-bond donors (Lipinski definition) is 0. The SMILES string of the molecule is CC[C@H](CC[C@@H](C)[C@H]1CC[C@H]2C3=CC=C4C[C@@H](OC(C)=O)CC[C@]4(C)[C@H]3CC[C@]12C)C(C)C. The molecule has 3 fully saturated rings. The zero-order valence-corrected chi connectivity index (χ0v) is 22.6. The largest absolute Gasteiger partial charge is 0.462 e. The lowest BCUT2D eigenvalue weighted by atomic mass is 9.50. The third-order valence-electron chi connectivity index (χ3n) is 11.1. The molecule has 4 aliphatic carbocycles. The van der Waals surface area contributed by atoms with Gasteiger partial charge in [0.1, 0.15) is 6.10 Å². The van der Waals surface area contributed by atoms with Crippen molar-refractivity contribution in [2.75, 3.05) is 0 Å². The van der Waals surface area contributed by atoms with E-state index in [-0.39, 0.29) is 17.5 Å². The molecule has 0 radical (unpaired) electrons. The van der Waals surface area contributed by atoms with Crippen LogP contribution in [0.2, 0.25) is 0 Å². The molecule has 3 saturated carbocycles. The van der Waals surface area contributed by atoms with Gasteiger partial charge in [0.2, 0.25) is 0 Å². The summed E-state index contributed by atoms with van der Waals surface area (Å²) in [5, 5.41) is 0.